The lowest BCUT2D eigenvalue weighted by atomic mass is 9.99. The van der Waals surface area contributed by atoms with Crippen molar-refractivity contribution < 1.29 is 13.9 Å². The van der Waals surface area contributed by atoms with Gasteiger partial charge in [-0.3, -0.25) is 0 Å². The molecular weight excluding hydrogens is 397 g/mol. The van der Waals surface area contributed by atoms with Crippen LogP contribution in [-0.2, 0) is 0 Å². The summed E-state index contributed by atoms with van der Waals surface area (Å²) in [6.07, 6.45) is 5.38. The van der Waals surface area contributed by atoms with Gasteiger partial charge < -0.3 is 14.6 Å². The number of nitrogens with one attached hydrogen (secondary N) is 2. The summed E-state index contributed by atoms with van der Waals surface area (Å²) in [5.41, 5.74) is 3.46. The van der Waals surface area contributed by atoms with Crippen LogP contribution in [0.15, 0.2) is 36.5 Å². The first-order chi connectivity index (χ1) is 15.1. The lowest BCUT2D eigenvalue weighted by molar-refractivity contribution is 0.209. The quantitative estimate of drug-likeness (QED) is 0.496. The molecule has 1 saturated heterocycles. The molecule has 2 N–H and O–H groups in total. The third kappa shape index (κ3) is 3.36. The van der Waals surface area contributed by atoms with Crippen LogP contribution in [0, 0.1) is 29.1 Å². The number of methoxy groups -OCH3 is 1. The summed E-state index contributed by atoms with van der Waals surface area (Å²) in [5, 5.41) is 11.8. The molecule has 3 aromatic rings. The number of carbonyl (C=O) groups excluding carboxylic acids is 1. The van der Waals surface area contributed by atoms with Gasteiger partial charge >= 0.3 is 6.03 Å². The standard InChI is InChI=1S/C23H22FN5O2/c1-31-21-3-2-16(24)8-18(21)17-4-5-26-22-19(17)9-20(28-22)13-6-14-10-29(11-15(14)7-13)23(30)27-12-25/h2-5,8-9,13-15H,6-7,10-11H2,1H3,(H,26,28)(H,27,30). The number of ether oxygens (including phenoxy) is 1. The number of nitrogens with zero attached hydrogens (tertiary/aromatic N) is 3. The third-order valence-corrected chi connectivity index (χ3v) is 6.65. The fourth-order valence-corrected chi connectivity index (χ4v) is 5.24. The maximum Gasteiger partial charge on any atom is 0.330 e. The Morgan fingerprint density at radius 3 is 2.74 bits per heavy atom. The van der Waals surface area contributed by atoms with Crippen molar-refractivity contribution in [3.63, 3.8) is 0 Å². The Morgan fingerprint density at radius 1 is 1.26 bits per heavy atom. The highest BCUT2D eigenvalue weighted by atomic mass is 19.1. The molecule has 31 heavy (non-hydrogen) atoms. The molecule has 1 aliphatic heterocycles. The Hall–Kier alpha value is -3.60. The first-order valence-corrected chi connectivity index (χ1v) is 10.3. The Bertz CT molecular complexity index is 1190. The topological polar surface area (TPSA) is 94.0 Å². The van der Waals surface area contributed by atoms with Crippen LogP contribution in [0.1, 0.15) is 24.5 Å². The summed E-state index contributed by atoms with van der Waals surface area (Å²) < 4.78 is 19.4. The number of urea groups is 1. The van der Waals surface area contributed by atoms with Crippen LogP contribution in [-0.4, -0.2) is 41.1 Å². The number of carbonyl (C=O) groups is 1. The van der Waals surface area contributed by atoms with Gasteiger partial charge in [0.05, 0.1) is 7.11 Å². The van der Waals surface area contributed by atoms with E-state index in [-0.39, 0.29) is 11.8 Å². The van der Waals surface area contributed by atoms with Gasteiger partial charge in [-0.15, -0.1) is 0 Å². The Balaban J connectivity index is 1.42. The Morgan fingerprint density at radius 2 is 2.03 bits per heavy atom. The van der Waals surface area contributed by atoms with Crippen molar-refractivity contribution in [1.29, 1.82) is 5.26 Å². The van der Waals surface area contributed by atoms with Gasteiger partial charge in [0.2, 0.25) is 0 Å². The van der Waals surface area contributed by atoms with E-state index in [0.717, 1.165) is 35.1 Å². The van der Waals surface area contributed by atoms with Crippen LogP contribution in [0.5, 0.6) is 5.75 Å². The van der Waals surface area contributed by atoms with E-state index < -0.39 is 0 Å². The van der Waals surface area contributed by atoms with Gasteiger partial charge in [0, 0.05) is 35.9 Å². The summed E-state index contributed by atoms with van der Waals surface area (Å²) in [5.74, 6) is 1.51. The highest BCUT2D eigenvalue weighted by molar-refractivity contribution is 5.95. The van der Waals surface area contributed by atoms with Gasteiger partial charge in [0.15, 0.2) is 6.19 Å². The molecule has 0 spiro atoms. The van der Waals surface area contributed by atoms with Crippen molar-refractivity contribution in [2.45, 2.75) is 18.8 Å². The molecular formula is C23H22FN5O2. The molecule has 2 fully saturated rings. The summed E-state index contributed by atoms with van der Waals surface area (Å²) in [6, 6.07) is 8.20. The molecule has 2 amide bonds. The fraction of sp³-hybridized carbons (Fsp3) is 0.348. The number of hydrogen-bond acceptors (Lipinski definition) is 4. The number of rotatable bonds is 3. The number of H-pyrrole nitrogens is 1. The van der Waals surface area contributed by atoms with E-state index in [9.17, 15) is 9.18 Å². The minimum absolute atomic E-state index is 0.308. The molecule has 8 heteroatoms. The lowest BCUT2D eigenvalue weighted by Gasteiger charge is -2.17. The van der Waals surface area contributed by atoms with Gasteiger partial charge in [-0.05, 0) is 66.5 Å². The van der Waals surface area contributed by atoms with Crippen molar-refractivity contribution in [3.8, 4) is 23.1 Å². The van der Waals surface area contributed by atoms with Crippen molar-refractivity contribution >= 4 is 17.1 Å². The van der Waals surface area contributed by atoms with E-state index >= 15 is 0 Å². The van der Waals surface area contributed by atoms with Crippen LogP contribution < -0.4 is 10.1 Å². The second-order valence-electron chi connectivity index (χ2n) is 8.33. The number of likely N-dealkylation sites (tertiary alicyclic amines) is 1. The highest BCUT2D eigenvalue weighted by Gasteiger charge is 2.43. The van der Waals surface area contributed by atoms with E-state index in [0.29, 0.717) is 42.2 Å². The molecule has 1 saturated carbocycles. The summed E-state index contributed by atoms with van der Waals surface area (Å²) >= 11 is 0. The zero-order valence-electron chi connectivity index (χ0n) is 17.1. The van der Waals surface area contributed by atoms with Crippen LogP contribution in [0.4, 0.5) is 9.18 Å². The first kappa shape index (κ1) is 19.4. The number of aromatic nitrogens is 2. The second-order valence-corrected chi connectivity index (χ2v) is 8.33. The zero-order valence-corrected chi connectivity index (χ0v) is 17.1. The fourth-order valence-electron chi connectivity index (χ4n) is 5.24. The molecule has 1 aromatic carbocycles. The zero-order chi connectivity index (χ0) is 21.5. The van der Waals surface area contributed by atoms with Gasteiger partial charge in [-0.25, -0.2) is 19.5 Å². The number of halogens is 1. The summed E-state index contributed by atoms with van der Waals surface area (Å²) in [4.78, 5) is 21.6. The van der Waals surface area contributed by atoms with Crippen LogP contribution >= 0.6 is 0 Å². The van der Waals surface area contributed by atoms with Crippen LogP contribution in [0.3, 0.4) is 0 Å². The van der Waals surface area contributed by atoms with E-state index in [1.54, 1.807) is 30.5 Å². The molecule has 5 rings (SSSR count). The van der Waals surface area contributed by atoms with Crippen LogP contribution in [0.2, 0.25) is 0 Å². The minimum Gasteiger partial charge on any atom is -0.496 e. The summed E-state index contributed by atoms with van der Waals surface area (Å²) in [6.45, 7) is 1.36. The third-order valence-electron chi connectivity index (χ3n) is 6.65. The number of nitriles is 1. The number of aromatic amines is 1. The molecule has 1 aliphatic carbocycles. The smallest absolute Gasteiger partial charge is 0.330 e. The molecule has 158 valence electrons. The molecule has 2 unspecified atom stereocenters. The summed E-state index contributed by atoms with van der Waals surface area (Å²) in [7, 11) is 1.58. The van der Waals surface area contributed by atoms with Gasteiger partial charge in [0.1, 0.15) is 17.2 Å². The van der Waals surface area contributed by atoms with Crippen molar-refractivity contribution in [2.75, 3.05) is 20.2 Å². The molecule has 2 aromatic heterocycles. The average Bonchev–Trinajstić information content (AvgIpc) is 3.46. The maximum atomic E-state index is 14.0. The van der Waals surface area contributed by atoms with Crippen molar-refractivity contribution in [1.82, 2.24) is 20.2 Å². The van der Waals surface area contributed by atoms with E-state index in [2.05, 4.69) is 21.4 Å². The van der Waals surface area contributed by atoms with Crippen molar-refractivity contribution in [3.05, 3.63) is 48.0 Å². The number of benzene rings is 1. The van der Waals surface area contributed by atoms with Crippen LogP contribution in [0.25, 0.3) is 22.2 Å². The predicted molar refractivity (Wildman–Crippen MR) is 113 cm³/mol. The SMILES string of the molecule is COc1ccc(F)cc1-c1ccnc2[nH]c(C3CC4CN(C(=O)NC#N)CC4C3)cc12. The molecule has 2 atom stereocenters. The molecule has 7 nitrogen and oxygen atoms in total. The molecule has 0 radical (unpaired) electrons. The van der Waals surface area contributed by atoms with Gasteiger partial charge in [0.25, 0.3) is 0 Å². The molecule has 0 bridgehead atoms. The molecule has 2 aliphatic rings. The Kier molecular flexibility index (Phi) is 4.74. The average molecular weight is 419 g/mol. The highest BCUT2D eigenvalue weighted by Crippen LogP contribution is 2.47. The lowest BCUT2D eigenvalue weighted by Crippen LogP contribution is -2.36. The van der Waals surface area contributed by atoms with Crippen molar-refractivity contribution in [2.24, 2.45) is 11.8 Å². The normalized spacial score (nSPS) is 22.4. The predicted octanol–water partition coefficient (Wildman–Crippen LogP) is 3.99. The van der Waals surface area contributed by atoms with E-state index in [1.807, 2.05) is 6.07 Å². The maximum absolute atomic E-state index is 14.0. The second kappa shape index (κ2) is 7.58. The van der Waals surface area contributed by atoms with Gasteiger partial charge in [-0.1, -0.05) is 0 Å². The van der Waals surface area contributed by atoms with E-state index in [4.69, 9.17) is 10.00 Å². The van der Waals surface area contributed by atoms with E-state index in [1.165, 1.54) is 12.1 Å². The number of amides is 2. The Labute approximate surface area is 178 Å². The number of hydrogen-bond donors (Lipinski definition) is 2. The minimum atomic E-state index is -0.315. The monoisotopic (exact) mass is 419 g/mol. The number of pyridine rings is 1. The largest absolute Gasteiger partial charge is 0.496 e. The first-order valence-electron chi connectivity index (χ1n) is 10.3. The van der Waals surface area contributed by atoms with Gasteiger partial charge in [-0.2, -0.15) is 5.26 Å². The molecule has 3 heterocycles. The number of fused-ring (bicyclic) bond motifs is 2.